The molecule has 3 rings (SSSR count). The average molecular weight is 403 g/mol. The van der Waals surface area contributed by atoms with Crippen molar-refractivity contribution >= 4 is 6.03 Å². The van der Waals surface area contributed by atoms with Gasteiger partial charge in [-0.2, -0.15) is 18.4 Å². The highest BCUT2D eigenvalue weighted by Gasteiger charge is 2.37. The molecule has 1 saturated carbocycles. The number of hydrogen-bond donors (Lipinski definition) is 2. The van der Waals surface area contributed by atoms with Crippen molar-refractivity contribution in [3.8, 4) is 6.07 Å². The van der Waals surface area contributed by atoms with E-state index in [1.165, 1.54) is 24.4 Å². The topological polar surface area (TPSA) is 90.7 Å². The number of nitrogens with zero attached hydrogens (tertiary/aromatic N) is 3. The van der Waals surface area contributed by atoms with Crippen molar-refractivity contribution < 1.29 is 18.0 Å². The highest BCUT2D eigenvalue weighted by atomic mass is 19.4. The van der Waals surface area contributed by atoms with Gasteiger partial charge in [-0.25, -0.2) is 14.8 Å². The molecule has 2 aromatic rings. The maximum absolute atomic E-state index is 13.1. The van der Waals surface area contributed by atoms with Gasteiger partial charge in [-0.05, 0) is 30.5 Å². The van der Waals surface area contributed by atoms with E-state index in [9.17, 15) is 18.0 Å². The number of urea groups is 1. The Kier molecular flexibility index (Phi) is 6.01. The van der Waals surface area contributed by atoms with E-state index in [-0.39, 0.29) is 17.9 Å². The zero-order valence-corrected chi connectivity index (χ0v) is 15.6. The molecule has 152 valence electrons. The van der Waals surface area contributed by atoms with Crippen molar-refractivity contribution in [1.82, 2.24) is 20.6 Å². The minimum absolute atomic E-state index is 0.00811. The number of nitriles is 1. The summed E-state index contributed by atoms with van der Waals surface area (Å²) >= 11 is 0. The molecule has 9 heteroatoms. The molecule has 1 heterocycles. The van der Waals surface area contributed by atoms with Gasteiger partial charge < -0.3 is 10.6 Å². The lowest BCUT2D eigenvalue weighted by Gasteiger charge is -2.37. The molecular weight excluding hydrogens is 383 g/mol. The van der Waals surface area contributed by atoms with E-state index in [1.54, 1.807) is 6.07 Å². The molecule has 0 radical (unpaired) electrons. The molecule has 1 fully saturated rings. The lowest BCUT2D eigenvalue weighted by atomic mass is 9.79. The first kappa shape index (κ1) is 20.6. The number of carbonyl (C=O) groups excluding carboxylic acids is 1. The summed E-state index contributed by atoms with van der Waals surface area (Å²) in [6.45, 7) is -0.259. The van der Waals surface area contributed by atoms with Crippen LogP contribution in [0, 0.1) is 11.3 Å². The number of halogens is 3. The van der Waals surface area contributed by atoms with E-state index >= 15 is 0 Å². The Morgan fingerprint density at radius 3 is 2.59 bits per heavy atom. The quantitative estimate of drug-likeness (QED) is 0.807. The van der Waals surface area contributed by atoms with Crippen LogP contribution in [0.2, 0.25) is 0 Å². The van der Waals surface area contributed by atoms with Crippen molar-refractivity contribution in [2.75, 3.05) is 0 Å². The van der Waals surface area contributed by atoms with Gasteiger partial charge in [0.2, 0.25) is 5.82 Å². The number of nitrogens with one attached hydrogen (secondary N) is 2. The number of alkyl halides is 3. The van der Waals surface area contributed by atoms with E-state index in [2.05, 4.69) is 20.6 Å². The van der Waals surface area contributed by atoms with Gasteiger partial charge in [0.25, 0.3) is 0 Å². The van der Waals surface area contributed by atoms with Gasteiger partial charge in [0.05, 0.1) is 16.8 Å². The number of hydrogen-bond acceptors (Lipinski definition) is 4. The molecule has 0 aliphatic heterocycles. The zero-order valence-electron chi connectivity index (χ0n) is 15.6. The van der Waals surface area contributed by atoms with Crippen molar-refractivity contribution in [3.63, 3.8) is 0 Å². The molecule has 1 aliphatic carbocycles. The predicted octanol–water partition coefficient (Wildman–Crippen LogP) is 4.03. The second-order valence-corrected chi connectivity index (χ2v) is 6.98. The summed E-state index contributed by atoms with van der Waals surface area (Å²) in [7, 11) is 0. The van der Waals surface area contributed by atoms with Crippen LogP contribution in [0.3, 0.4) is 0 Å². The van der Waals surface area contributed by atoms with E-state index in [0.717, 1.165) is 25.3 Å². The minimum atomic E-state index is -4.49. The fraction of sp³-hybridized carbons (Fsp3) is 0.400. The lowest BCUT2D eigenvalue weighted by Crippen LogP contribution is -2.51. The largest absolute Gasteiger partial charge is 0.416 e. The molecule has 0 atom stereocenters. The molecular formula is C20H20F3N5O. The fourth-order valence-corrected chi connectivity index (χ4v) is 3.67. The summed E-state index contributed by atoms with van der Waals surface area (Å²) < 4.78 is 39.4. The lowest BCUT2D eigenvalue weighted by molar-refractivity contribution is -0.138. The molecule has 1 aromatic heterocycles. The van der Waals surface area contributed by atoms with E-state index in [4.69, 9.17) is 5.26 Å². The Balaban J connectivity index is 1.76. The first-order valence-corrected chi connectivity index (χ1v) is 9.29. The van der Waals surface area contributed by atoms with Gasteiger partial charge in [-0.1, -0.05) is 37.5 Å². The van der Waals surface area contributed by atoms with Crippen molar-refractivity contribution in [3.05, 3.63) is 59.2 Å². The smallest absolute Gasteiger partial charge is 0.334 e. The summed E-state index contributed by atoms with van der Waals surface area (Å²) in [6, 6.07) is 8.09. The van der Waals surface area contributed by atoms with Gasteiger partial charge in [0.1, 0.15) is 6.07 Å². The summed E-state index contributed by atoms with van der Waals surface area (Å²) in [4.78, 5) is 20.7. The summed E-state index contributed by atoms with van der Waals surface area (Å²) in [5, 5.41) is 14.5. The second-order valence-electron chi connectivity index (χ2n) is 6.98. The Morgan fingerprint density at radius 2 is 1.90 bits per heavy atom. The third-order valence-electron chi connectivity index (χ3n) is 5.07. The summed E-state index contributed by atoms with van der Waals surface area (Å²) in [6.07, 6.45) is 0.972. The fourth-order valence-electron chi connectivity index (χ4n) is 3.67. The summed E-state index contributed by atoms with van der Waals surface area (Å²) in [5.41, 5.74) is -1.03. The average Bonchev–Trinajstić information content (AvgIpc) is 2.72. The van der Waals surface area contributed by atoms with E-state index in [0.29, 0.717) is 18.5 Å². The molecule has 0 spiro atoms. The highest BCUT2D eigenvalue weighted by Crippen LogP contribution is 2.36. The number of amides is 2. The Bertz CT molecular complexity index is 917. The number of aromatic nitrogens is 2. The molecule has 1 aliphatic rings. The monoisotopic (exact) mass is 403 g/mol. The first-order chi connectivity index (χ1) is 13.8. The molecule has 0 unspecified atom stereocenters. The van der Waals surface area contributed by atoms with Gasteiger partial charge in [-0.3, -0.25) is 0 Å². The Labute approximate surface area is 166 Å². The highest BCUT2D eigenvalue weighted by molar-refractivity contribution is 5.75. The van der Waals surface area contributed by atoms with Crippen LogP contribution >= 0.6 is 0 Å². The third-order valence-corrected chi connectivity index (χ3v) is 5.07. The van der Waals surface area contributed by atoms with Crippen LogP contribution in [0.1, 0.15) is 54.7 Å². The zero-order chi connectivity index (χ0) is 20.9. The molecule has 0 bridgehead atoms. The standard InChI is InChI=1S/C20H20F3N5O/c21-20(22,23)15-7-3-2-6-14(15)13-26-18(29)28-19(9-4-1-5-10-19)16-8-11-25-17(12-24)27-16/h2-3,6-8,11H,1,4-5,9-10,13H2,(H2,26,28,29). The van der Waals surface area contributed by atoms with Crippen LogP contribution in [0.15, 0.2) is 36.5 Å². The van der Waals surface area contributed by atoms with Gasteiger partial charge >= 0.3 is 12.2 Å². The Morgan fingerprint density at radius 1 is 1.17 bits per heavy atom. The second kappa shape index (κ2) is 8.47. The molecule has 2 amide bonds. The van der Waals surface area contributed by atoms with Crippen LogP contribution in [-0.4, -0.2) is 16.0 Å². The van der Waals surface area contributed by atoms with Crippen LogP contribution < -0.4 is 10.6 Å². The SMILES string of the molecule is N#Cc1nccc(C2(NC(=O)NCc3ccccc3C(F)(F)F)CCCCC2)n1. The molecule has 1 aromatic carbocycles. The number of carbonyl (C=O) groups is 1. The normalized spacial score (nSPS) is 15.9. The summed E-state index contributed by atoms with van der Waals surface area (Å²) in [5.74, 6) is 0.00811. The van der Waals surface area contributed by atoms with Crippen molar-refractivity contribution in [2.24, 2.45) is 0 Å². The van der Waals surface area contributed by atoms with Gasteiger partial charge in [-0.15, -0.1) is 0 Å². The maximum atomic E-state index is 13.1. The first-order valence-electron chi connectivity index (χ1n) is 9.29. The molecule has 2 N–H and O–H groups in total. The Hall–Kier alpha value is -3.15. The van der Waals surface area contributed by atoms with Crippen LogP contribution in [-0.2, 0) is 18.3 Å². The van der Waals surface area contributed by atoms with Crippen molar-refractivity contribution in [1.29, 1.82) is 5.26 Å². The van der Waals surface area contributed by atoms with Crippen LogP contribution in [0.4, 0.5) is 18.0 Å². The van der Waals surface area contributed by atoms with E-state index < -0.39 is 23.3 Å². The minimum Gasteiger partial charge on any atom is -0.334 e. The van der Waals surface area contributed by atoms with E-state index in [1.807, 2.05) is 6.07 Å². The molecule has 6 nitrogen and oxygen atoms in total. The third kappa shape index (κ3) is 4.83. The van der Waals surface area contributed by atoms with Crippen molar-refractivity contribution in [2.45, 2.75) is 50.4 Å². The molecule has 29 heavy (non-hydrogen) atoms. The van der Waals surface area contributed by atoms with Gasteiger partial charge in [0.15, 0.2) is 0 Å². The number of rotatable bonds is 4. The predicted molar refractivity (Wildman–Crippen MR) is 98.3 cm³/mol. The maximum Gasteiger partial charge on any atom is 0.416 e. The van der Waals surface area contributed by atoms with Crippen LogP contribution in [0.25, 0.3) is 0 Å². The van der Waals surface area contributed by atoms with Gasteiger partial charge in [0, 0.05) is 12.7 Å². The molecule has 0 saturated heterocycles. The number of benzene rings is 1. The van der Waals surface area contributed by atoms with Crippen LogP contribution in [0.5, 0.6) is 0 Å².